The molecule has 0 heterocycles. The molecule has 6 nitrogen and oxygen atoms in total. The van der Waals surface area contributed by atoms with Crippen molar-refractivity contribution in [1.82, 2.24) is 0 Å². The van der Waals surface area contributed by atoms with Crippen LogP contribution >= 0.6 is 0 Å². The summed E-state index contributed by atoms with van der Waals surface area (Å²) in [6.45, 7) is 6.34. The van der Waals surface area contributed by atoms with Crippen LogP contribution in [-0.4, -0.2) is 37.2 Å². The average Bonchev–Trinajstić information content (AvgIpc) is 3.45. The van der Waals surface area contributed by atoms with Crippen LogP contribution in [0.4, 0.5) is 0 Å². The molecule has 1 unspecified atom stereocenters. The maximum Gasteiger partial charge on any atom is 0.306 e. The highest BCUT2D eigenvalue weighted by molar-refractivity contribution is 5.71. The van der Waals surface area contributed by atoms with Crippen LogP contribution in [0.1, 0.15) is 278 Å². The van der Waals surface area contributed by atoms with Crippen molar-refractivity contribution in [2.45, 2.75) is 284 Å². The van der Waals surface area contributed by atoms with Crippen LogP contribution in [0.2, 0.25) is 0 Å². The Bertz CT molecular complexity index is 1730. The van der Waals surface area contributed by atoms with Crippen LogP contribution in [0, 0.1) is 0 Å². The van der Waals surface area contributed by atoms with E-state index in [1.807, 2.05) is 0 Å². The zero-order valence-corrected chi connectivity index (χ0v) is 51.1. The lowest BCUT2D eigenvalue weighted by molar-refractivity contribution is -0.167. The second-order valence-electron chi connectivity index (χ2n) is 20.9. The summed E-state index contributed by atoms with van der Waals surface area (Å²) in [5, 5.41) is 0. The zero-order valence-electron chi connectivity index (χ0n) is 51.1. The van der Waals surface area contributed by atoms with Crippen LogP contribution in [0.15, 0.2) is 146 Å². The largest absolute Gasteiger partial charge is 0.462 e. The van der Waals surface area contributed by atoms with Gasteiger partial charge in [0.05, 0.1) is 0 Å². The Balaban J connectivity index is 4.21. The number of carbonyl (C=O) groups excluding carboxylic acids is 3. The third-order valence-corrected chi connectivity index (χ3v) is 13.3. The summed E-state index contributed by atoms with van der Waals surface area (Å²) in [6, 6.07) is 0. The van der Waals surface area contributed by atoms with Crippen molar-refractivity contribution < 1.29 is 28.6 Å². The van der Waals surface area contributed by atoms with E-state index in [9.17, 15) is 14.4 Å². The van der Waals surface area contributed by atoms with Gasteiger partial charge in [-0.05, 0) is 122 Å². The van der Waals surface area contributed by atoms with Crippen molar-refractivity contribution in [3.05, 3.63) is 146 Å². The first-order valence-corrected chi connectivity index (χ1v) is 32.3. The van der Waals surface area contributed by atoms with Gasteiger partial charge in [-0.2, -0.15) is 0 Å². The van der Waals surface area contributed by atoms with E-state index in [0.717, 1.165) is 141 Å². The van der Waals surface area contributed by atoms with Gasteiger partial charge in [-0.3, -0.25) is 14.4 Å². The first kappa shape index (κ1) is 74.3. The molecule has 0 aromatic rings. The van der Waals surface area contributed by atoms with E-state index in [1.165, 1.54) is 96.3 Å². The fourth-order valence-electron chi connectivity index (χ4n) is 8.57. The number of rotatable bonds is 57. The molecule has 446 valence electrons. The highest BCUT2D eigenvalue weighted by Gasteiger charge is 2.19. The number of unbranched alkanes of at least 4 members (excludes halogenated alkanes) is 22. The van der Waals surface area contributed by atoms with Gasteiger partial charge in [-0.1, -0.05) is 282 Å². The fourth-order valence-corrected chi connectivity index (χ4v) is 8.57. The van der Waals surface area contributed by atoms with E-state index < -0.39 is 6.10 Å². The van der Waals surface area contributed by atoms with Gasteiger partial charge in [0.1, 0.15) is 13.2 Å². The van der Waals surface area contributed by atoms with E-state index in [2.05, 4.69) is 167 Å². The third-order valence-electron chi connectivity index (χ3n) is 13.3. The van der Waals surface area contributed by atoms with Gasteiger partial charge in [0, 0.05) is 19.3 Å². The molecule has 79 heavy (non-hydrogen) atoms. The summed E-state index contributed by atoms with van der Waals surface area (Å²) in [4.78, 5) is 38.1. The first-order valence-electron chi connectivity index (χ1n) is 32.3. The molecule has 0 rings (SSSR count). The standard InChI is InChI=1S/C73H118O6/c1-4-7-10-13-16-18-20-22-24-26-28-30-32-34-35-36-37-39-40-42-44-46-48-50-52-54-57-60-63-66-72(75)78-69-70(68-77-71(74)65-62-59-56-15-12-9-6-3)79-73(76)67-64-61-58-55-53-51-49-47-45-43-41-38-33-31-29-27-25-23-21-19-17-14-11-8-5-2/h7-8,10-11,16-19,22-25,28-31,34-35,38,41,45,47,51,53,70H,4-6,9,12-15,20-21,26-27,32-33,36-37,39-40,42-44,46,48-50,52,54-69H2,1-3H3/b10-7-,11-8-,18-16-,19-17-,24-22-,25-23-,30-28-,31-29-,35-34-,41-38-,47-45-,53-51-. The molecule has 0 spiro atoms. The summed E-state index contributed by atoms with van der Waals surface area (Å²) in [5.74, 6) is -0.936. The molecule has 0 aliphatic heterocycles. The molecule has 0 N–H and O–H groups in total. The van der Waals surface area contributed by atoms with Gasteiger partial charge >= 0.3 is 17.9 Å². The quantitative estimate of drug-likeness (QED) is 0.0261. The highest BCUT2D eigenvalue weighted by atomic mass is 16.6. The van der Waals surface area contributed by atoms with Crippen LogP contribution in [0.3, 0.4) is 0 Å². The predicted molar refractivity (Wildman–Crippen MR) is 343 cm³/mol. The first-order chi connectivity index (χ1) is 39.0. The lowest BCUT2D eigenvalue weighted by Crippen LogP contribution is -2.30. The molecule has 0 aliphatic carbocycles. The number of allylic oxidation sites excluding steroid dienone is 24. The van der Waals surface area contributed by atoms with Gasteiger partial charge in [-0.15, -0.1) is 0 Å². The molecule has 0 saturated carbocycles. The summed E-state index contributed by atoms with van der Waals surface area (Å²) < 4.78 is 16.8. The number of ether oxygens (including phenoxy) is 3. The lowest BCUT2D eigenvalue weighted by atomic mass is 10.0. The Hall–Kier alpha value is -4.71. The summed E-state index contributed by atoms with van der Waals surface area (Å²) in [5.41, 5.74) is 0. The van der Waals surface area contributed by atoms with Crippen molar-refractivity contribution >= 4 is 17.9 Å². The zero-order chi connectivity index (χ0) is 57.1. The predicted octanol–water partition coefficient (Wildman–Crippen LogP) is 22.3. The van der Waals surface area contributed by atoms with E-state index >= 15 is 0 Å². The lowest BCUT2D eigenvalue weighted by Gasteiger charge is -2.18. The molecule has 0 aromatic carbocycles. The Labute approximate surface area is 487 Å². The number of hydrogen-bond acceptors (Lipinski definition) is 6. The third kappa shape index (κ3) is 64.0. The second kappa shape index (κ2) is 65.8. The molecule has 0 bridgehead atoms. The minimum atomic E-state index is -0.799. The molecule has 6 heteroatoms. The second-order valence-corrected chi connectivity index (χ2v) is 20.9. The van der Waals surface area contributed by atoms with Crippen molar-refractivity contribution in [3.63, 3.8) is 0 Å². The molecule has 0 aromatic heterocycles. The molecular formula is C73H118O6. The van der Waals surface area contributed by atoms with Gasteiger partial charge in [0.2, 0.25) is 0 Å². The van der Waals surface area contributed by atoms with E-state index in [1.54, 1.807) is 0 Å². The Morgan fingerprint density at radius 2 is 0.494 bits per heavy atom. The van der Waals surface area contributed by atoms with Crippen LogP contribution < -0.4 is 0 Å². The summed E-state index contributed by atoms with van der Waals surface area (Å²) in [6.07, 6.45) is 94.5. The van der Waals surface area contributed by atoms with Gasteiger partial charge in [0.25, 0.3) is 0 Å². The van der Waals surface area contributed by atoms with Crippen molar-refractivity contribution in [2.75, 3.05) is 13.2 Å². The minimum Gasteiger partial charge on any atom is -0.462 e. The van der Waals surface area contributed by atoms with E-state index in [-0.39, 0.29) is 37.5 Å². The Morgan fingerprint density at radius 3 is 0.785 bits per heavy atom. The number of esters is 3. The van der Waals surface area contributed by atoms with Gasteiger partial charge in [0.15, 0.2) is 6.10 Å². The van der Waals surface area contributed by atoms with E-state index in [0.29, 0.717) is 12.8 Å². The molecule has 0 fully saturated rings. The maximum atomic E-state index is 12.9. The minimum absolute atomic E-state index is 0.0949. The van der Waals surface area contributed by atoms with Crippen LogP contribution in [0.25, 0.3) is 0 Å². The molecule has 0 amide bonds. The number of hydrogen-bond donors (Lipinski definition) is 0. The monoisotopic (exact) mass is 1090 g/mol. The van der Waals surface area contributed by atoms with Crippen molar-refractivity contribution in [2.24, 2.45) is 0 Å². The topological polar surface area (TPSA) is 78.9 Å². The molecule has 0 radical (unpaired) electrons. The van der Waals surface area contributed by atoms with Crippen molar-refractivity contribution in [1.29, 1.82) is 0 Å². The SMILES string of the molecule is CC/C=C\C/C=C\C/C=C\C/C=C\C/C=C\C/C=C\C/C=C\CCCCCC(=O)OC(COC(=O)CCCCCCCCC)COC(=O)CCCCCCCCCCCCCCC/C=C\C/C=C\C/C=C\C/C=C\C/C=C\CC. The molecule has 0 saturated heterocycles. The van der Waals surface area contributed by atoms with Gasteiger partial charge < -0.3 is 14.2 Å². The summed E-state index contributed by atoms with van der Waals surface area (Å²) in [7, 11) is 0. The smallest absolute Gasteiger partial charge is 0.306 e. The summed E-state index contributed by atoms with van der Waals surface area (Å²) >= 11 is 0. The normalized spacial score (nSPS) is 13.1. The fraction of sp³-hybridized carbons (Fsp3) is 0.630. The Kier molecular flexibility index (Phi) is 61.9. The molecule has 0 aliphatic rings. The van der Waals surface area contributed by atoms with Crippen molar-refractivity contribution in [3.8, 4) is 0 Å². The van der Waals surface area contributed by atoms with Crippen LogP contribution in [-0.2, 0) is 28.6 Å². The highest BCUT2D eigenvalue weighted by Crippen LogP contribution is 2.15. The van der Waals surface area contributed by atoms with Gasteiger partial charge in [-0.25, -0.2) is 0 Å². The molecule has 1 atom stereocenters. The van der Waals surface area contributed by atoms with Crippen LogP contribution in [0.5, 0.6) is 0 Å². The number of carbonyl (C=O) groups is 3. The molecular weight excluding hydrogens is 973 g/mol. The average molecular weight is 1090 g/mol. The van der Waals surface area contributed by atoms with E-state index in [4.69, 9.17) is 14.2 Å². The maximum absolute atomic E-state index is 12.9. The Morgan fingerprint density at radius 1 is 0.266 bits per heavy atom.